The second-order valence-electron chi connectivity index (χ2n) is 9.01. The second-order valence-corrected chi connectivity index (χ2v) is 9.01. The molecule has 2 aromatic carbocycles. The third-order valence-corrected chi connectivity index (χ3v) is 6.06. The minimum atomic E-state index is -0.499. The Balaban J connectivity index is 1.55. The molecule has 1 fully saturated rings. The predicted octanol–water partition coefficient (Wildman–Crippen LogP) is 3.49. The van der Waals surface area contributed by atoms with Gasteiger partial charge >= 0.3 is 6.01 Å². The minimum Gasteiger partial charge on any atom is -0.464 e. The van der Waals surface area contributed by atoms with Crippen molar-refractivity contribution in [3.05, 3.63) is 48.0 Å². The molecule has 0 unspecified atom stereocenters. The van der Waals surface area contributed by atoms with Crippen molar-refractivity contribution in [3.8, 4) is 6.01 Å². The predicted molar refractivity (Wildman–Crippen MR) is 134 cm³/mol. The number of hydrogen-bond donors (Lipinski definition) is 2. The van der Waals surface area contributed by atoms with Crippen molar-refractivity contribution in [1.82, 2.24) is 25.1 Å². The SMILES string of the molecule is CCOc1ncc2c(N3C[C@@H](C)N[C@@H](C)C3)ccc(C(=O)Nc3cc(F)c4nn(C)cc4c3)c2n1. The highest BCUT2D eigenvalue weighted by atomic mass is 19.1. The van der Waals surface area contributed by atoms with Gasteiger partial charge in [0.05, 0.1) is 17.7 Å². The van der Waals surface area contributed by atoms with Crippen LogP contribution in [-0.4, -0.2) is 57.4 Å². The summed E-state index contributed by atoms with van der Waals surface area (Å²) in [5.41, 5.74) is 2.40. The van der Waals surface area contributed by atoms with E-state index in [0.717, 1.165) is 24.2 Å². The molecule has 182 valence electrons. The molecule has 9 nitrogen and oxygen atoms in total. The van der Waals surface area contributed by atoms with Gasteiger partial charge < -0.3 is 20.3 Å². The van der Waals surface area contributed by atoms with Crippen LogP contribution in [0.3, 0.4) is 0 Å². The maximum atomic E-state index is 14.6. The third-order valence-electron chi connectivity index (χ3n) is 6.06. The van der Waals surface area contributed by atoms with Crippen molar-refractivity contribution < 1.29 is 13.9 Å². The standard InChI is InChI=1S/C25H28FN7O2/c1-5-35-25-27-10-19-21(33-11-14(2)28-15(3)12-33)7-6-18(23(19)30-25)24(34)29-17-8-16-13-32(4)31-22(16)20(26)9-17/h6-10,13-15,28H,5,11-12H2,1-4H3,(H,29,34)/t14-,15+. The molecular weight excluding hydrogens is 449 g/mol. The van der Waals surface area contributed by atoms with Gasteiger partial charge in [-0.1, -0.05) is 0 Å². The van der Waals surface area contributed by atoms with E-state index in [2.05, 4.69) is 44.4 Å². The van der Waals surface area contributed by atoms with E-state index in [0.29, 0.717) is 40.8 Å². The number of carbonyl (C=O) groups excluding carboxylic acids is 1. The number of benzene rings is 2. The number of anilines is 2. The number of ether oxygens (including phenoxy) is 1. The summed E-state index contributed by atoms with van der Waals surface area (Å²) in [6, 6.07) is 7.49. The van der Waals surface area contributed by atoms with E-state index < -0.39 is 11.7 Å². The summed E-state index contributed by atoms with van der Waals surface area (Å²) in [7, 11) is 1.72. The number of fused-ring (bicyclic) bond motifs is 2. The molecule has 0 spiro atoms. The molecule has 0 radical (unpaired) electrons. The highest BCUT2D eigenvalue weighted by Gasteiger charge is 2.25. The Bertz CT molecular complexity index is 1410. The summed E-state index contributed by atoms with van der Waals surface area (Å²) in [5, 5.41) is 11.8. The molecule has 1 saturated heterocycles. The highest BCUT2D eigenvalue weighted by molar-refractivity contribution is 6.14. The lowest BCUT2D eigenvalue weighted by atomic mass is 10.0. The number of aromatic nitrogens is 4. The molecular formula is C25H28FN7O2. The number of aryl methyl sites for hydroxylation is 1. The van der Waals surface area contributed by atoms with Gasteiger partial charge in [-0.25, -0.2) is 9.37 Å². The fourth-order valence-corrected chi connectivity index (χ4v) is 4.75. The average molecular weight is 478 g/mol. The van der Waals surface area contributed by atoms with Crippen LogP contribution in [0.15, 0.2) is 36.7 Å². The van der Waals surface area contributed by atoms with Crippen LogP contribution < -0.4 is 20.3 Å². The van der Waals surface area contributed by atoms with Crippen LogP contribution in [-0.2, 0) is 7.05 Å². The first kappa shape index (κ1) is 23.0. The molecule has 35 heavy (non-hydrogen) atoms. The number of piperazine rings is 1. The molecule has 1 aliphatic rings. The van der Waals surface area contributed by atoms with E-state index in [-0.39, 0.29) is 11.5 Å². The molecule has 2 aromatic heterocycles. The zero-order chi connectivity index (χ0) is 24.7. The lowest BCUT2D eigenvalue weighted by molar-refractivity contribution is 0.102. The second kappa shape index (κ2) is 9.10. The maximum absolute atomic E-state index is 14.6. The molecule has 2 N–H and O–H groups in total. The van der Waals surface area contributed by atoms with E-state index in [9.17, 15) is 9.18 Å². The number of carbonyl (C=O) groups is 1. The molecule has 5 rings (SSSR count). The van der Waals surface area contributed by atoms with E-state index in [1.54, 1.807) is 31.6 Å². The summed E-state index contributed by atoms with van der Waals surface area (Å²) in [6.07, 6.45) is 3.41. The lowest BCUT2D eigenvalue weighted by Crippen LogP contribution is -2.54. The summed E-state index contributed by atoms with van der Waals surface area (Å²) in [5.74, 6) is -0.895. The Morgan fingerprint density at radius 3 is 2.74 bits per heavy atom. The number of hydrogen-bond acceptors (Lipinski definition) is 7. The smallest absolute Gasteiger partial charge is 0.316 e. The average Bonchev–Trinajstić information content (AvgIpc) is 3.18. The largest absolute Gasteiger partial charge is 0.464 e. The first-order valence-corrected chi connectivity index (χ1v) is 11.7. The molecule has 10 heteroatoms. The Kier molecular flexibility index (Phi) is 5.98. The summed E-state index contributed by atoms with van der Waals surface area (Å²) < 4.78 is 21.6. The van der Waals surface area contributed by atoms with Crippen molar-refractivity contribution in [1.29, 1.82) is 0 Å². The topological polar surface area (TPSA) is 97.2 Å². The van der Waals surface area contributed by atoms with Gasteiger partial charge in [-0.2, -0.15) is 10.1 Å². The number of rotatable bonds is 5. The molecule has 1 amide bonds. The molecule has 2 atom stereocenters. The van der Waals surface area contributed by atoms with Gasteiger partial charge in [-0.3, -0.25) is 9.48 Å². The summed E-state index contributed by atoms with van der Waals surface area (Å²) >= 11 is 0. The van der Waals surface area contributed by atoms with Gasteiger partial charge in [0.2, 0.25) is 0 Å². The lowest BCUT2D eigenvalue weighted by Gasteiger charge is -2.38. The van der Waals surface area contributed by atoms with E-state index in [1.165, 1.54) is 10.7 Å². The normalized spacial score (nSPS) is 18.3. The summed E-state index contributed by atoms with van der Waals surface area (Å²) in [6.45, 7) is 8.20. The van der Waals surface area contributed by atoms with Gasteiger partial charge in [0, 0.05) is 66.8 Å². The van der Waals surface area contributed by atoms with Crippen LogP contribution in [0.4, 0.5) is 15.8 Å². The number of amides is 1. The van der Waals surface area contributed by atoms with E-state index in [4.69, 9.17) is 4.74 Å². The molecule has 4 aromatic rings. The van der Waals surface area contributed by atoms with E-state index in [1.807, 2.05) is 13.0 Å². The molecule has 1 aliphatic heterocycles. The van der Waals surface area contributed by atoms with Gasteiger partial charge in [-0.15, -0.1) is 0 Å². The molecule has 0 aliphatic carbocycles. The molecule has 0 bridgehead atoms. The van der Waals surface area contributed by atoms with Crippen LogP contribution in [0.25, 0.3) is 21.8 Å². The van der Waals surface area contributed by atoms with Gasteiger partial charge in [-0.05, 0) is 45.0 Å². The van der Waals surface area contributed by atoms with Gasteiger partial charge in [0.1, 0.15) is 5.52 Å². The fraction of sp³-hybridized carbons (Fsp3) is 0.360. The van der Waals surface area contributed by atoms with Crippen LogP contribution >= 0.6 is 0 Å². The van der Waals surface area contributed by atoms with Crippen molar-refractivity contribution >= 4 is 39.1 Å². The summed E-state index contributed by atoms with van der Waals surface area (Å²) in [4.78, 5) is 24.6. The maximum Gasteiger partial charge on any atom is 0.316 e. The molecule has 0 saturated carbocycles. The Morgan fingerprint density at radius 1 is 1.23 bits per heavy atom. The van der Waals surface area contributed by atoms with Crippen LogP contribution in [0.5, 0.6) is 6.01 Å². The number of nitrogens with one attached hydrogen (secondary N) is 2. The van der Waals surface area contributed by atoms with Crippen molar-refractivity contribution in [2.24, 2.45) is 7.05 Å². The number of nitrogens with zero attached hydrogens (tertiary/aromatic N) is 5. The Morgan fingerprint density at radius 2 is 2.00 bits per heavy atom. The minimum absolute atomic E-state index is 0.205. The molecule has 3 heterocycles. The first-order chi connectivity index (χ1) is 16.8. The van der Waals surface area contributed by atoms with Crippen molar-refractivity contribution in [2.45, 2.75) is 32.9 Å². The number of halogens is 1. The zero-order valence-corrected chi connectivity index (χ0v) is 20.2. The third kappa shape index (κ3) is 4.49. The van der Waals surface area contributed by atoms with Gasteiger partial charge in [0.15, 0.2) is 5.82 Å². The van der Waals surface area contributed by atoms with Crippen LogP contribution in [0.1, 0.15) is 31.1 Å². The quantitative estimate of drug-likeness (QED) is 0.454. The van der Waals surface area contributed by atoms with Crippen LogP contribution in [0.2, 0.25) is 0 Å². The van der Waals surface area contributed by atoms with Crippen LogP contribution in [0, 0.1) is 5.82 Å². The van der Waals surface area contributed by atoms with Crippen molar-refractivity contribution in [2.75, 3.05) is 29.9 Å². The monoisotopic (exact) mass is 477 g/mol. The Hall–Kier alpha value is -3.79. The van der Waals surface area contributed by atoms with Gasteiger partial charge in [0.25, 0.3) is 5.91 Å². The zero-order valence-electron chi connectivity index (χ0n) is 20.2. The fourth-order valence-electron chi connectivity index (χ4n) is 4.75. The highest BCUT2D eigenvalue weighted by Crippen LogP contribution is 2.31. The first-order valence-electron chi connectivity index (χ1n) is 11.7. The Labute approximate surface area is 202 Å². The van der Waals surface area contributed by atoms with Crippen molar-refractivity contribution in [3.63, 3.8) is 0 Å². The van der Waals surface area contributed by atoms with E-state index >= 15 is 0 Å².